The van der Waals surface area contributed by atoms with Crippen molar-refractivity contribution in [1.82, 2.24) is 9.97 Å². The zero-order valence-electron chi connectivity index (χ0n) is 10.9. The first-order chi connectivity index (χ1) is 7.95. The number of hydrogen-bond donors (Lipinski definition) is 1. The van der Waals surface area contributed by atoms with Crippen molar-refractivity contribution in [3.05, 3.63) is 17.5 Å². The highest BCUT2D eigenvalue weighted by atomic mass is 35.5. The molecule has 5 heteroatoms. The minimum absolute atomic E-state index is 0.306. The first-order valence-corrected chi connectivity index (χ1v) is 6.04. The molecule has 0 aliphatic rings. The van der Waals surface area contributed by atoms with E-state index in [0.717, 1.165) is 0 Å². The van der Waals surface area contributed by atoms with Gasteiger partial charge in [0.2, 0.25) is 5.88 Å². The maximum absolute atomic E-state index is 8.14. The van der Waals surface area contributed by atoms with Crippen LogP contribution in [0.2, 0.25) is 5.15 Å². The summed E-state index contributed by atoms with van der Waals surface area (Å²) in [5, 5.41) is 8.50. The Labute approximate surface area is 108 Å². The number of aliphatic hydroxyl groups is 1. The number of ether oxygens (including phenoxy) is 1. The zero-order chi connectivity index (χ0) is 13.3. The van der Waals surface area contributed by atoms with E-state index < -0.39 is 0 Å². The van der Waals surface area contributed by atoms with E-state index in [1.54, 1.807) is 6.20 Å². The number of nitrogens with zero attached hydrogens (tertiary/aromatic N) is 2. The number of hydrogen-bond acceptors (Lipinski definition) is 4. The summed E-state index contributed by atoms with van der Waals surface area (Å²) in [6.07, 6.45) is 3.03. The third-order valence-electron chi connectivity index (χ3n) is 1.51. The molecule has 0 atom stereocenters. The van der Waals surface area contributed by atoms with E-state index in [9.17, 15) is 0 Å². The highest BCUT2D eigenvalue weighted by molar-refractivity contribution is 6.29. The minimum Gasteiger partial charge on any atom is -0.476 e. The third-order valence-corrected chi connectivity index (χ3v) is 1.69. The fraction of sp³-hybridized carbons (Fsp3) is 0.667. The summed E-state index contributed by atoms with van der Waals surface area (Å²) in [7, 11) is 0. The lowest BCUT2D eigenvalue weighted by atomic mass is 10.2. The summed E-state index contributed by atoms with van der Waals surface area (Å²) in [6.45, 7) is 9.02. The van der Waals surface area contributed by atoms with Crippen LogP contribution in [0.5, 0.6) is 5.88 Å². The molecule has 98 valence electrons. The highest BCUT2D eigenvalue weighted by Crippen LogP contribution is 2.09. The molecule has 1 aromatic heterocycles. The van der Waals surface area contributed by atoms with Crippen LogP contribution in [0.1, 0.15) is 27.7 Å². The van der Waals surface area contributed by atoms with Gasteiger partial charge in [-0.1, -0.05) is 39.3 Å². The SMILES string of the molecule is CC(C)CO.CC(C)COc1cncc(Cl)n1. The van der Waals surface area contributed by atoms with Gasteiger partial charge in [-0.2, -0.15) is 4.98 Å². The molecule has 1 heterocycles. The van der Waals surface area contributed by atoms with Crippen molar-refractivity contribution >= 4 is 11.6 Å². The predicted molar refractivity (Wildman–Crippen MR) is 69.3 cm³/mol. The molecule has 1 N–H and O–H groups in total. The summed E-state index contributed by atoms with van der Waals surface area (Å²) in [6, 6.07) is 0. The molecule has 0 spiro atoms. The fourth-order valence-corrected chi connectivity index (χ4v) is 0.787. The largest absolute Gasteiger partial charge is 0.476 e. The summed E-state index contributed by atoms with van der Waals surface area (Å²) in [4.78, 5) is 7.77. The van der Waals surface area contributed by atoms with Crippen LogP contribution >= 0.6 is 11.6 Å². The molecule has 0 radical (unpaired) electrons. The van der Waals surface area contributed by atoms with E-state index >= 15 is 0 Å². The van der Waals surface area contributed by atoms with Crippen LogP contribution in [0.4, 0.5) is 0 Å². The lowest BCUT2D eigenvalue weighted by molar-refractivity contribution is 0.248. The van der Waals surface area contributed by atoms with Gasteiger partial charge in [-0.15, -0.1) is 0 Å². The number of aliphatic hydroxyl groups excluding tert-OH is 1. The summed E-state index contributed by atoms with van der Waals surface area (Å²) >= 11 is 5.61. The summed E-state index contributed by atoms with van der Waals surface area (Å²) < 4.78 is 5.29. The molecule has 1 rings (SSSR count). The fourth-order valence-electron chi connectivity index (χ4n) is 0.647. The average molecular weight is 261 g/mol. The molecule has 0 fully saturated rings. The van der Waals surface area contributed by atoms with Gasteiger partial charge < -0.3 is 9.84 Å². The van der Waals surface area contributed by atoms with Gasteiger partial charge in [0.25, 0.3) is 0 Å². The van der Waals surface area contributed by atoms with Crippen molar-refractivity contribution in [2.75, 3.05) is 13.2 Å². The molecule has 0 saturated heterocycles. The quantitative estimate of drug-likeness (QED) is 0.905. The number of rotatable bonds is 4. The topological polar surface area (TPSA) is 55.2 Å². The average Bonchev–Trinajstić information content (AvgIpc) is 2.27. The Kier molecular flexibility index (Phi) is 8.72. The number of aromatic nitrogens is 2. The molecule has 0 saturated carbocycles. The Morgan fingerprint density at radius 1 is 1.24 bits per heavy atom. The van der Waals surface area contributed by atoms with E-state index in [1.165, 1.54) is 6.20 Å². The van der Waals surface area contributed by atoms with Crippen molar-refractivity contribution in [3.8, 4) is 5.88 Å². The van der Waals surface area contributed by atoms with E-state index in [2.05, 4.69) is 23.8 Å². The molecule has 0 aliphatic heterocycles. The molecule has 0 bridgehead atoms. The molecule has 0 aliphatic carbocycles. The normalized spacial score (nSPS) is 10.1. The van der Waals surface area contributed by atoms with E-state index in [0.29, 0.717) is 36.1 Å². The Hall–Kier alpha value is -0.870. The van der Waals surface area contributed by atoms with Gasteiger partial charge in [-0.25, -0.2) is 0 Å². The Morgan fingerprint density at radius 2 is 1.82 bits per heavy atom. The van der Waals surface area contributed by atoms with Gasteiger partial charge in [0, 0.05) is 6.61 Å². The van der Waals surface area contributed by atoms with Crippen molar-refractivity contribution in [2.24, 2.45) is 11.8 Å². The first-order valence-electron chi connectivity index (χ1n) is 5.66. The monoisotopic (exact) mass is 260 g/mol. The molecule has 1 aromatic rings. The second-order valence-corrected chi connectivity index (χ2v) is 4.85. The van der Waals surface area contributed by atoms with Crippen LogP contribution in [0.3, 0.4) is 0 Å². The van der Waals surface area contributed by atoms with E-state index in [-0.39, 0.29) is 0 Å². The molecule has 0 unspecified atom stereocenters. The summed E-state index contributed by atoms with van der Waals surface area (Å²) in [5.41, 5.74) is 0. The second-order valence-electron chi connectivity index (χ2n) is 4.46. The molecule has 4 nitrogen and oxygen atoms in total. The minimum atomic E-state index is 0.306. The van der Waals surface area contributed by atoms with Gasteiger partial charge >= 0.3 is 0 Å². The smallest absolute Gasteiger partial charge is 0.233 e. The van der Waals surface area contributed by atoms with Gasteiger partial charge in [0.1, 0.15) is 0 Å². The van der Waals surface area contributed by atoms with Crippen LogP contribution < -0.4 is 4.74 Å². The maximum Gasteiger partial charge on any atom is 0.233 e. The molecule has 0 aromatic carbocycles. The Balaban J connectivity index is 0.000000437. The molecular formula is C12H21ClN2O2. The lowest BCUT2D eigenvalue weighted by Gasteiger charge is -2.06. The molecule has 17 heavy (non-hydrogen) atoms. The highest BCUT2D eigenvalue weighted by Gasteiger charge is 1.98. The standard InChI is InChI=1S/C8H11ClN2O.C4H10O/c1-6(2)5-12-8-4-10-3-7(9)11-8;1-4(2)3-5/h3-4,6H,5H2,1-2H3;4-5H,3H2,1-2H3. The third kappa shape index (κ3) is 10.0. The van der Waals surface area contributed by atoms with Crippen molar-refractivity contribution in [1.29, 1.82) is 0 Å². The number of halogens is 1. The van der Waals surface area contributed by atoms with Gasteiger partial charge in [0.05, 0.1) is 19.0 Å². The van der Waals surface area contributed by atoms with Crippen LogP contribution in [-0.2, 0) is 0 Å². The predicted octanol–water partition coefficient (Wildman–Crippen LogP) is 2.80. The first kappa shape index (κ1) is 16.1. The Morgan fingerprint density at radius 3 is 2.24 bits per heavy atom. The van der Waals surface area contributed by atoms with Crippen LogP contribution in [-0.4, -0.2) is 28.3 Å². The van der Waals surface area contributed by atoms with Crippen LogP contribution in [0.25, 0.3) is 0 Å². The van der Waals surface area contributed by atoms with Crippen molar-refractivity contribution < 1.29 is 9.84 Å². The second kappa shape index (κ2) is 9.19. The van der Waals surface area contributed by atoms with E-state index in [1.807, 2.05) is 13.8 Å². The van der Waals surface area contributed by atoms with Crippen molar-refractivity contribution in [2.45, 2.75) is 27.7 Å². The maximum atomic E-state index is 8.14. The van der Waals surface area contributed by atoms with Gasteiger partial charge in [0.15, 0.2) is 5.15 Å². The zero-order valence-corrected chi connectivity index (χ0v) is 11.6. The van der Waals surface area contributed by atoms with Gasteiger partial charge in [-0.05, 0) is 11.8 Å². The van der Waals surface area contributed by atoms with Gasteiger partial charge in [-0.3, -0.25) is 4.98 Å². The molecular weight excluding hydrogens is 240 g/mol. The van der Waals surface area contributed by atoms with Crippen molar-refractivity contribution in [3.63, 3.8) is 0 Å². The van der Waals surface area contributed by atoms with E-state index in [4.69, 9.17) is 21.4 Å². The van der Waals surface area contributed by atoms with Crippen LogP contribution in [0, 0.1) is 11.8 Å². The van der Waals surface area contributed by atoms with Crippen LogP contribution in [0.15, 0.2) is 12.4 Å². The summed E-state index contributed by atoms with van der Waals surface area (Å²) in [5.74, 6) is 1.40. The molecule has 0 amide bonds. The lowest BCUT2D eigenvalue weighted by Crippen LogP contribution is -2.05. The Bertz CT molecular complexity index is 306.